The normalized spacial score (nSPS) is 14.5. The third-order valence-corrected chi connectivity index (χ3v) is 4.59. The first-order chi connectivity index (χ1) is 13.2. The minimum absolute atomic E-state index is 0.187. The quantitative estimate of drug-likeness (QED) is 0.629. The lowest BCUT2D eigenvalue weighted by Gasteiger charge is -2.18. The summed E-state index contributed by atoms with van der Waals surface area (Å²) in [7, 11) is 0. The predicted octanol–water partition coefficient (Wildman–Crippen LogP) is 3.15. The van der Waals surface area contributed by atoms with Crippen molar-refractivity contribution in [3.8, 4) is 5.75 Å². The molecule has 0 aliphatic heterocycles. The van der Waals surface area contributed by atoms with Crippen molar-refractivity contribution in [2.24, 2.45) is 0 Å². The number of hydrogen-bond acceptors (Lipinski definition) is 3. The number of fused-ring (bicyclic) bond motifs is 1. The van der Waals surface area contributed by atoms with Gasteiger partial charge in [-0.05, 0) is 36.6 Å². The van der Waals surface area contributed by atoms with Crippen LogP contribution in [0.5, 0.6) is 5.75 Å². The molecule has 0 spiro atoms. The summed E-state index contributed by atoms with van der Waals surface area (Å²) in [6, 6.07) is 16.2. The Kier molecular flexibility index (Phi) is 4.78. The van der Waals surface area contributed by atoms with Gasteiger partial charge in [0.25, 0.3) is 0 Å². The highest BCUT2D eigenvalue weighted by Gasteiger charge is 2.29. The van der Waals surface area contributed by atoms with Crippen LogP contribution in [-0.2, 0) is 11.2 Å². The average Bonchev–Trinajstić information content (AvgIpc) is 3.40. The van der Waals surface area contributed by atoms with Crippen LogP contribution in [0.2, 0.25) is 0 Å². The van der Waals surface area contributed by atoms with E-state index in [0.717, 1.165) is 29.3 Å². The maximum atomic E-state index is 12.7. The van der Waals surface area contributed by atoms with Crippen molar-refractivity contribution in [3.63, 3.8) is 0 Å². The minimum Gasteiger partial charge on any atom is -0.410 e. The average molecular weight is 363 g/mol. The molecule has 1 atom stereocenters. The lowest BCUT2D eigenvalue weighted by atomic mass is 10.0. The summed E-state index contributed by atoms with van der Waals surface area (Å²) in [6.07, 6.45) is 3.59. The first-order valence-corrected chi connectivity index (χ1v) is 9.08. The number of benzene rings is 2. The molecule has 0 saturated heterocycles. The van der Waals surface area contributed by atoms with Gasteiger partial charge in [0.05, 0.1) is 0 Å². The van der Waals surface area contributed by atoms with Gasteiger partial charge in [0.15, 0.2) is 0 Å². The van der Waals surface area contributed by atoms with Crippen LogP contribution in [0.15, 0.2) is 60.8 Å². The van der Waals surface area contributed by atoms with E-state index in [1.807, 2.05) is 36.5 Å². The minimum atomic E-state index is -0.707. The van der Waals surface area contributed by atoms with Crippen LogP contribution in [0.25, 0.3) is 10.9 Å². The second-order valence-electron chi connectivity index (χ2n) is 6.75. The molecule has 1 fully saturated rings. The highest BCUT2D eigenvalue weighted by Crippen LogP contribution is 2.21. The molecule has 0 unspecified atom stereocenters. The van der Waals surface area contributed by atoms with Crippen molar-refractivity contribution >= 4 is 22.9 Å². The summed E-state index contributed by atoms with van der Waals surface area (Å²) in [5, 5.41) is 6.72. The number of hydrogen-bond donors (Lipinski definition) is 3. The lowest BCUT2D eigenvalue weighted by molar-refractivity contribution is -0.123. The largest absolute Gasteiger partial charge is 0.413 e. The Bertz CT molecular complexity index is 947. The zero-order valence-electron chi connectivity index (χ0n) is 14.8. The lowest BCUT2D eigenvalue weighted by Crippen LogP contribution is -2.49. The van der Waals surface area contributed by atoms with Crippen LogP contribution >= 0.6 is 0 Å². The summed E-state index contributed by atoms with van der Waals surface area (Å²) in [5.74, 6) is 0.247. The fourth-order valence-electron chi connectivity index (χ4n) is 3.03. The van der Waals surface area contributed by atoms with E-state index in [2.05, 4.69) is 15.6 Å². The number of amides is 2. The molecule has 27 heavy (non-hydrogen) atoms. The fraction of sp³-hybridized carbons (Fsp3) is 0.238. The predicted molar refractivity (Wildman–Crippen MR) is 103 cm³/mol. The van der Waals surface area contributed by atoms with Crippen molar-refractivity contribution in [1.29, 1.82) is 0 Å². The number of carbonyl (C=O) groups is 2. The molecule has 0 radical (unpaired) electrons. The monoisotopic (exact) mass is 363 g/mol. The number of H-pyrrole nitrogens is 1. The Morgan fingerprint density at radius 3 is 2.59 bits per heavy atom. The molecule has 4 rings (SSSR count). The second-order valence-corrected chi connectivity index (χ2v) is 6.75. The van der Waals surface area contributed by atoms with E-state index in [9.17, 15) is 9.59 Å². The molecule has 6 heteroatoms. The van der Waals surface area contributed by atoms with Crippen LogP contribution in [0, 0.1) is 0 Å². The smallest absolute Gasteiger partial charge is 0.410 e. The Hall–Kier alpha value is -3.28. The molecule has 1 aliphatic rings. The summed E-state index contributed by atoms with van der Waals surface area (Å²) < 4.78 is 5.28. The Morgan fingerprint density at radius 2 is 1.81 bits per heavy atom. The third kappa shape index (κ3) is 4.28. The number of aromatic amines is 1. The van der Waals surface area contributed by atoms with Gasteiger partial charge >= 0.3 is 6.09 Å². The highest BCUT2D eigenvalue weighted by molar-refractivity contribution is 5.88. The van der Waals surface area contributed by atoms with Gasteiger partial charge in [-0.3, -0.25) is 4.79 Å². The Labute approximate surface area is 156 Å². The third-order valence-electron chi connectivity index (χ3n) is 4.59. The molecule has 138 valence electrons. The van der Waals surface area contributed by atoms with Crippen molar-refractivity contribution in [2.75, 3.05) is 0 Å². The van der Waals surface area contributed by atoms with Crippen molar-refractivity contribution < 1.29 is 14.3 Å². The SMILES string of the molecule is O=C(N[C@H](Cc1c[nH]c2ccccc12)C(=O)NC1CC1)Oc1ccccc1. The van der Waals surface area contributed by atoms with Gasteiger partial charge in [0.1, 0.15) is 11.8 Å². The highest BCUT2D eigenvalue weighted by atomic mass is 16.6. The Balaban J connectivity index is 1.49. The molecule has 1 aromatic heterocycles. The zero-order chi connectivity index (χ0) is 18.6. The van der Waals surface area contributed by atoms with Crippen molar-refractivity contribution in [2.45, 2.75) is 31.3 Å². The molecule has 1 heterocycles. The first-order valence-electron chi connectivity index (χ1n) is 9.08. The van der Waals surface area contributed by atoms with Gasteiger partial charge in [-0.1, -0.05) is 36.4 Å². The molecule has 0 bridgehead atoms. The summed E-state index contributed by atoms with van der Waals surface area (Å²) >= 11 is 0. The number of para-hydroxylation sites is 2. The molecule has 2 amide bonds. The van der Waals surface area contributed by atoms with Crippen LogP contribution in [0.3, 0.4) is 0 Å². The van der Waals surface area contributed by atoms with Gasteiger partial charge in [0.2, 0.25) is 5.91 Å². The van der Waals surface area contributed by atoms with Crippen molar-refractivity contribution in [3.05, 3.63) is 66.4 Å². The van der Waals surface area contributed by atoms with Crippen LogP contribution in [0.4, 0.5) is 4.79 Å². The van der Waals surface area contributed by atoms with E-state index in [0.29, 0.717) is 12.2 Å². The fourth-order valence-corrected chi connectivity index (χ4v) is 3.03. The van der Waals surface area contributed by atoms with Crippen molar-refractivity contribution in [1.82, 2.24) is 15.6 Å². The maximum absolute atomic E-state index is 12.7. The van der Waals surface area contributed by atoms with E-state index < -0.39 is 12.1 Å². The van der Waals surface area contributed by atoms with E-state index >= 15 is 0 Å². The van der Waals surface area contributed by atoms with Crippen LogP contribution in [0.1, 0.15) is 18.4 Å². The summed E-state index contributed by atoms with van der Waals surface area (Å²) in [4.78, 5) is 28.2. The number of rotatable bonds is 6. The molecule has 3 aromatic rings. The van der Waals surface area contributed by atoms with Gasteiger partial charge in [-0.15, -0.1) is 0 Å². The van der Waals surface area contributed by atoms with Gasteiger partial charge in [-0.2, -0.15) is 0 Å². The molecule has 1 saturated carbocycles. The van der Waals surface area contributed by atoms with Gasteiger partial charge < -0.3 is 20.4 Å². The number of nitrogens with one attached hydrogen (secondary N) is 3. The second kappa shape index (κ2) is 7.53. The van der Waals surface area contributed by atoms with E-state index in [1.165, 1.54) is 0 Å². The molecular weight excluding hydrogens is 342 g/mol. The van der Waals surface area contributed by atoms with Gasteiger partial charge in [0, 0.05) is 29.6 Å². The molecule has 3 N–H and O–H groups in total. The Morgan fingerprint density at radius 1 is 1.07 bits per heavy atom. The maximum Gasteiger partial charge on any atom is 0.413 e. The zero-order valence-corrected chi connectivity index (χ0v) is 14.8. The molecule has 6 nitrogen and oxygen atoms in total. The molecular formula is C21H21N3O3. The molecule has 2 aromatic carbocycles. The van der Waals surface area contributed by atoms with Crippen LogP contribution in [-0.4, -0.2) is 29.1 Å². The molecule has 1 aliphatic carbocycles. The first kappa shape index (κ1) is 17.1. The topological polar surface area (TPSA) is 83.2 Å². The number of carbonyl (C=O) groups excluding carboxylic acids is 2. The number of ether oxygens (including phenoxy) is 1. The van der Waals surface area contributed by atoms with E-state index in [4.69, 9.17) is 4.74 Å². The summed E-state index contributed by atoms with van der Waals surface area (Å²) in [6.45, 7) is 0. The standard InChI is InChI=1S/C21H21N3O3/c25-20(23-15-10-11-15)19(24-21(26)27-16-6-2-1-3-7-16)12-14-13-22-18-9-5-4-8-17(14)18/h1-9,13,15,19,22H,10-12H2,(H,23,25)(H,24,26)/t19-/m1/s1. The number of aromatic nitrogens is 1. The van der Waals surface area contributed by atoms with E-state index in [1.54, 1.807) is 24.3 Å². The van der Waals surface area contributed by atoms with Gasteiger partial charge in [-0.25, -0.2) is 4.79 Å². The van der Waals surface area contributed by atoms with Crippen LogP contribution < -0.4 is 15.4 Å². The van der Waals surface area contributed by atoms with E-state index in [-0.39, 0.29) is 11.9 Å². The summed E-state index contributed by atoms with van der Waals surface area (Å²) in [5.41, 5.74) is 1.97.